The number of hydrogen-bond donors (Lipinski definition) is 0. The maximum atomic E-state index is 2.49. The summed E-state index contributed by atoms with van der Waals surface area (Å²) in [6.45, 7) is 2.73. The van der Waals surface area contributed by atoms with Crippen molar-refractivity contribution in [2.24, 2.45) is 11.8 Å². The van der Waals surface area contributed by atoms with Crippen molar-refractivity contribution in [3.63, 3.8) is 0 Å². The molecule has 0 radical (unpaired) electrons. The predicted molar refractivity (Wildman–Crippen MR) is 42.9 cm³/mol. The van der Waals surface area contributed by atoms with Crippen molar-refractivity contribution < 1.29 is 0 Å². The summed E-state index contributed by atoms with van der Waals surface area (Å²) in [4.78, 5) is 2.49. The van der Waals surface area contributed by atoms with Crippen molar-refractivity contribution >= 4 is 0 Å². The fraction of sp³-hybridized carbons (Fsp3) is 1.00. The van der Waals surface area contributed by atoms with Crippen LogP contribution in [0.1, 0.15) is 25.7 Å². The van der Waals surface area contributed by atoms with Gasteiger partial charge in [0, 0.05) is 6.54 Å². The number of rotatable bonds is 0. The van der Waals surface area contributed by atoms with E-state index >= 15 is 0 Å². The van der Waals surface area contributed by atoms with Gasteiger partial charge in [0.1, 0.15) is 0 Å². The Bertz CT molecular complexity index is 122. The number of likely N-dealkylation sites (tertiary alicyclic amines) is 1. The molecule has 1 saturated heterocycles. The Morgan fingerprint density at radius 1 is 1.10 bits per heavy atom. The Labute approximate surface area is 63.4 Å². The van der Waals surface area contributed by atoms with E-state index in [-0.39, 0.29) is 0 Å². The molecule has 1 heteroatoms. The molecule has 58 valence electrons. The molecule has 0 aromatic carbocycles. The molecule has 0 aromatic heterocycles. The van der Waals surface area contributed by atoms with Gasteiger partial charge in [-0.15, -0.1) is 0 Å². The van der Waals surface area contributed by atoms with E-state index in [2.05, 4.69) is 11.9 Å². The molecule has 0 spiro atoms. The molecular formula is C9H17N. The molecule has 2 atom stereocenters. The minimum absolute atomic E-state index is 1.07. The van der Waals surface area contributed by atoms with Crippen LogP contribution >= 0.6 is 0 Å². The second kappa shape index (κ2) is 2.54. The van der Waals surface area contributed by atoms with E-state index in [4.69, 9.17) is 0 Å². The van der Waals surface area contributed by atoms with E-state index in [1.807, 2.05) is 0 Å². The van der Waals surface area contributed by atoms with Crippen molar-refractivity contribution in [2.75, 3.05) is 20.1 Å². The van der Waals surface area contributed by atoms with E-state index in [0.717, 1.165) is 11.8 Å². The van der Waals surface area contributed by atoms with Crippen molar-refractivity contribution in [1.29, 1.82) is 0 Å². The van der Waals surface area contributed by atoms with Gasteiger partial charge in [0.25, 0.3) is 0 Å². The Morgan fingerprint density at radius 2 is 1.90 bits per heavy atom. The number of nitrogens with zero attached hydrogens (tertiary/aromatic N) is 1. The van der Waals surface area contributed by atoms with E-state index in [1.165, 1.54) is 38.8 Å². The Balaban J connectivity index is 1.96. The highest BCUT2D eigenvalue weighted by Gasteiger charge is 2.31. The zero-order valence-corrected chi connectivity index (χ0v) is 6.84. The SMILES string of the molecule is CN1CC[C@@H]2CCC[C@@H]2C1. The van der Waals surface area contributed by atoms with Gasteiger partial charge in [0.15, 0.2) is 0 Å². The monoisotopic (exact) mass is 139 g/mol. The molecule has 1 saturated carbocycles. The molecule has 1 aliphatic carbocycles. The highest BCUT2D eigenvalue weighted by Crippen LogP contribution is 2.36. The summed E-state index contributed by atoms with van der Waals surface area (Å²) < 4.78 is 0. The molecule has 2 fully saturated rings. The molecule has 0 amide bonds. The number of hydrogen-bond acceptors (Lipinski definition) is 1. The molecular weight excluding hydrogens is 122 g/mol. The van der Waals surface area contributed by atoms with Crippen LogP contribution in [0.25, 0.3) is 0 Å². The molecule has 1 heterocycles. The molecule has 1 aliphatic heterocycles. The molecule has 2 aliphatic rings. The molecule has 0 N–H and O–H groups in total. The van der Waals surface area contributed by atoms with Gasteiger partial charge in [0.2, 0.25) is 0 Å². The lowest BCUT2D eigenvalue weighted by Crippen LogP contribution is -2.35. The largest absolute Gasteiger partial charge is 0.306 e. The summed E-state index contributed by atoms with van der Waals surface area (Å²) in [6, 6.07) is 0. The molecule has 0 bridgehead atoms. The third kappa shape index (κ3) is 1.07. The predicted octanol–water partition coefficient (Wildman–Crippen LogP) is 1.74. The third-order valence-corrected chi connectivity index (χ3v) is 3.24. The topological polar surface area (TPSA) is 3.24 Å². The average Bonchev–Trinajstić information content (AvgIpc) is 2.33. The molecule has 2 rings (SSSR count). The molecule has 0 aromatic rings. The first-order valence-corrected chi connectivity index (χ1v) is 4.55. The summed E-state index contributed by atoms with van der Waals surface area (Å²) in [5.74, 6) is 2.18. The average molecular weight is 139 g/mol. The minimum atomic E-state index is 1.07. The Kier molecular flexibility index (Phi) is 1.69. The molecule has 0 unspecified atom stereocenters. The van der Waals surface area contributed by atoms with Crippen LogP contribution in [0.4, 0.5) is 0 Å². The third-order valence-electron chi connectivity index (χ3n) is 3.24. The maximum absolute atomic E-state index is 2.49. The van der Waals surface area contributed by atoms with Gasteiger partial charge in [-0.25, -0.2) is 0 Å². The first-order valence-electron chi connectivity index (χ1n) is 4.55. The fourth-order valence-corrected chi connectivity index (χ4v) is 2.61. The summed E-state index contributed by atoms with van der Waals surface area (Å²) >= 11 is 0. The van der Waals surface area contributed by atoms with E-state index in [1.54, 1.807) is 0 Å². The van der Waals surface area contributed by atoms with E-state index in [0.29, 0.717) is 0 Å². The molecule has 1 nitrogen and oxygen atoms in total. The van der Waals surface area contributed by atoms with Gasteiger partial charge in [-0.1, -0.05) is 12.8 Å². The van der Waals surface area contributed by atoms with Gasteiger partial charge < -0.3 is 4.90 Å². The van der Waals surface area contributed by atoms with Gasteiger partial charge in [-0.05, 0) is 38.3 Å². The van der Waals surface area contributed by atoms with Crippen LogP contribution < -0.4 is 0 Å². The fourth-order valence-electron chi connectivity index (χ4n) is 2.61. The number of piperidine rings is 1. The van der Waals surface area contributed by atoms with Gasteiger partial charge in [-0.2, -0.15) is 0 Å². The van der Waals surface area contributed by atoms with Crippen LogP contribution in [-0.4, -0.2) is 25.0 Å². The summed E-state index contributed by atoms with van der Waals surface area (Å²) in [7, 11) is 2.26. The van der Waals surface area contributed by atoms with Crippen LogP contribution in [0.15, 0.2) is 0 Å². The Morgan fingerprint density at radius 3 is 2.80 bits per heavy atom. The van der Waals surface area contributed by atoms with E-state index < -0.39 is 0 Å². The van der Waals surface area contributed by atoms with Crippen LogP contribution in [0.5, 0.6) is 0 Å². The molecule has 10 heavy (non-hydrogen) atoms. The quantitative estimate of drug-likeness (QED) is 0.494. The van der Waals surface area contributed by atoms with Gasteiger partial charge >= 0.3 is 0 Å². The number of fused-ring (bicyclic) bond motifs is 1. The van der Waals surface area contributed by atoms with Crippen molar-refractivity contribution in [3.05, 3.63) is 0 Å². The van der Waals surface area contributed by atoms with Crippen LogP contribution in [0.2, 0.25) is 0 Å². The second-order valence-electron chi connectivity index (χ2n) is 4.00. The highest BCUT2D eigenvalue weighted by molar-refractivity contribution is 4.83. The van der Waals surface area contributed by atoms with Crippen LogP contribution in [-0.2, 0) is 0 Å². The van der Waals surface area contributed by atoms with Crippen LogP contribution in [0.3, 0.4) is 0 Å². The highest BCUT2D eigenvalue weighted by atomic mass is 15.1. The van der Waals surface area contributed by atoms with Crippen molar-refractivity contribution in [1.82, 2.24) is 4.90 Å². The lowest BCUT2D eigenvalue weighted by molar-refractivity contribution is 0.166. The van der Waals surface area contributed by atoms with Crippen LogP contribution in [0, 0.1) is 11.8 Å². The summed E-state index contributed by atoms with van der Waals surface area (Å²) in [6.07, 6.45) is 6.01. The Hall–Kier alpha value is -0.0400. The second-order valence-corrected chi connectivity index (χ2v) is 4.00. The minimum Gasteiger partial charge on any atom is -0.306 e. The van der Waals surface area contributed by atoms with E-state index in [9.17, 15) is 0 Å². The van der Waals surface area contributed by atoms with Gasteiger partial charge in [0.05, 0.1) is 0 Å². The lowest BCUT2D eigenvalue weighted by atomic mass is 9.89. The smallest absolute Gasteiger partial charge is 0.000926 e. The normalized spacial score (nSPS) is 41.7. The zero-order valence-electron chi connectivity index (χ0n) is 6.84. The summed E-state index contributed by atoms with van der Waals surface area (Å²) in [5.41, 5.74) is 0. The standard InChI is InChI=1S/C9H17N/c1-10-6-5-8-3-2-4-9(8)7-10/h8-9H,2-7H2,1H3/t8-,9+/m0/s1. The first kappa shape index (κ1) is 6.66. The maximum Gasteiger partial charge on any atom is 0.000926 e. The zero-order chi connectivity index (χ0) is 6.97. The first-order chi connectivity index (χ1) is 4.86. The lowest BCUT2D eigenvalue weighted by Gasteiger charge is -2.32. The van der Waals surface area contributed by atoms with Gasteiger partial charge in [-0.3, -0.25) is 0 Å². The summed E-state index contributed by atoms with van der Waals surface area (Å²) in [5, 5.41) is 0. The van der Waals surface area contributed by atoms with Crippen molar-refractivity contribution in [2.45, 2.75) is 25.7 Å². The van der Waals surface area contributed by atoms with Crippen molar-refractivity contribution in [3.8, 4) is 0 Å².